The molecule has 2 aromatic carbocycles. The standard InChI is InChI=1S/C17H14F3N3O3/c1-24-13-7-6-10(8-14(13)25-2)15-22-16(26-23-15)21-12-5-3-4-11(9-12)17(18,19)20/h3-9H,1-2H3,(H,21,22,23). The van der Waals surface area contributed by atoms with Crippen LogP contribution in [0.5, 0.6) is 11.5 Å². The Morgan fingerprint density at radius 3 is 2.46 bits per heavy atom. The number of alkyl halides is 3. The lowest BCUT2D eigenvalue weighted by molar-refractivity contribution is -0.137. The first kappa shape index (κ1) is 17.6. The Labute approximate surface area is 146 Å². The van der Waals surface area contributed by atoms with Crippen molar-refractivity contribution in [2.75, 3.05) is 19.5 Å². The smallest absolute Gasteiger partial charge is 0.416 e. The number of methoxy groups -OCH3 is 2. The fraction of sp³-hybridized carbons (Fsp3) is 0.176. The van der Waals surface area contributed by atoms with Crippen molar-refractivity contribution in [3.63, 3.8) is 0 Å². The fourth-order valence-corrected chi connectivity index (χ4v) is 2.26. The third-order valence-electron chi connectivity index (χ3n) is 3.51. The van der Waals surface area contributed by atoms with E-state index in [1.807, 2.05) is 0 Å². The summed E-state index contributed by atoms with van der Waals surface area (Å²) in [6.07, 6.45) is -4.43. The maximum absolute atomic E-state index is 12.8. The van der Waals surface area contributed by atoms with Gasteiger partial charge in [0.25, 0.3) is 0 Å². The Hall–Kier alpha value is -3.23. The predicted molar refractivity (Wildman–Crippen MR) is 87.6 cm³/mol. The van der Waals surface area contributed by atoms with Gasteiger partial charge in [0.1, 0.15) is 0 Å². The maximum Gasteiger partial charge on any atom is 0.416 e. The number of nitrogens with one attached hydrogen (secondary N) is 1. The molecule has 26 heavy (non-hydrogen) atoms. The molecule has 1 N–H and O–H groups in total. The lowest BCUT2D eigenvalue weighted by atomic mass is 10.2. The molecule has 1 heterocycles. The first-order chi connectivity index (χ1) is 12.4. The second-order valence-corrected chi connectivity index (χ2v) is 5.20. The molecule has 0 saturated heterocycles. The van der Waals surface area contributed by atoms with Crippen LogP contribution in [0.4, 0.5) is 24.9 Å². The average molecular weight is 365 g/mol. The van der Waals surface area contributed by atoms with Gasteiger partial charge in [-0.1, -0.05) is 11.2 Å². The molecule has 1 aromatic heterocycles. The summed E-state index contributed by atoms with van der Waals surface area (Å²) in [5.41, 5.74) is 0.00737. The number of rotatable bonds is 5. The predicted octanol–water partition coefficient (Wildman–Crippen LogP) is 4.52. The van der Waals surface area contributed by atoms with Crippen LogP contribution in [0.1, 0.15) is 5.56 Å². The normalized spacial score (nSPS) is 11.3. The van der Waals surface area contributed by atoms with Crippen molar-refractivity contribution in [2.45, 2.75) is 6.18 Å². The summed E-state index contributed by atoms with van der Waals surface area (Å²) in [6.45, 7) is 0. The van der Waals surface area contributed by atoms with E-state index in [0.29, 0.717) is 17.1 Å². The third kappa shape index (κ3) is 3.71. The van der Waals surface area contributed by atoms with E-state index in [-0.39, 0.29) is 17.5 Å². The Bertz CT molecular complexity index is 910. The first-order valence-corrected chi connectivity index (χ1v) is 7.41. The minimum Gasteiger partial charge on any atom is -0.493 e. The summed E-state index contributed by atoms with van der Waals surface area (Å²) in [4.78, 5) is 4.13. The van der Waals surface area contributed by atoms with Crippen LogP contribution in [0.25, 0.3) is 11.4 Å². The lowest BCUT2D eigenvalue weighted by Gasteiger charge is -2.08. The maximum atomic E-state index is 12.8. The highest BCUT2D eigenvalue weighted by Gasteiger charge is 2.30. The zero-order chi connectivity index (χ0) is 18.7. The van der Waals surface area contributed by atoms with E-state index in [1.165, 1.54) is 26.4 Å². The number of nitrogens with zero attached hydrogens (tertiary/aromatic N) is 2. The second kappa shape index (κ2) is 6.95. The first-order valence-electron chi connectivity index (χ1n) is 7.41. The molecule has 0 saturated carbocycles. The van der Waals surface area contributed by atoms with E-state index >= 15 is 0 Å². The highest BCUT2D eigenvalue weighted by molar-refractivity contribution is 5.62. The molecule has 3 rings (SSSR count). The number of aromatic nitrogens is 2. The zero-order valence-electron chi connectivity index (χ0n) is 13.8. The number of ether oxygens (including phenoxy) is 2. The van der Waals surface area contributed by atoms with Gasteiger partial charge in [-0.05, 0) is 36.4 Å². The summed E-state index contributed by atoms with van der Waals surface area (Å²) in [5, 5.41) is 6.48. The molecule has 136 valence electrons. The molecule has 9 heteroatoms. The van der Waals surface area contributed by atoms with Gasteiger partial charge in [-0.2, -0.15) is 18.2 Å². The minimum atomic E-state index is -4.43. The van der Waals surface area contributed by atoms with E-state index in [9.17, 15) is 13.2 Å². The molecule has 0 unspecified atom stereocenters. The molecule has 0 bridgehead atoms. The Balaban J connectivity index is 1.83. The number of hydrogen-bond donors (Lipinski definition) is 1. The van der Waals surface area contributed by atoms with Crippen LogP contribution in [0.2, 0.25) is 0 Å². The molecule has 3 aromatic rings. The monoisotopic (exact) mass is 365 g/mol. The van der Waals surface area contributed by atoms with Crippen LogP contribution in [-0.2, 0) is 6.18 Å². The van der Waals surface area contributed by atoms with Gasteiger partial charge in [0.15, 0.2) is 11.5 Å². The van der Waals surface area contributed by atoms with Crippen molar-refractivity contribution in [1.29, 1.82) is 0 Å². The van der Waals surface area contributed by atoms with Gasteiger partial charge in [0.2, 0.25) is 5.82 Å². The minimum absolute atomic E-state index is 0.0332. The largest absolute Gasteiger partial charge is 0.493 e. The molecule has 0 spiro atoms. The van der Waals surface area contributed by atoms with Crippen LogP contribution in [-0.4, -0.2) is 24.4 Å². The lowest BCUT2D eigenvalue weighted by Crippen LogP contribution is -2.05. The molecular formula is C17H14F3N3O3. The summed E-state index contributed by atoms with van der Waals surface area (Å²) in [7, 11) is 3.02. The van der Waals surface area contributed by atoms with Crippen LogP contribution in [0.15, 0.2) is 47.0 Å². The summed E-state index contributed by atoms with van der Waals surface area (Å²) in [5.74, 6) is 1.28. The Morgan fingerprint density at radius 1 is 1.00 bits per heavy atom. The second-order valence-electron chi connectivity index (χ2n) is 5.20. The third-order valence-corrected chi connectivity index (χ3v) is 3.51. The highest BCUT2D eigenvalue weighted by atomic mass is 19.4. The number of halogens is 3. The van der Waals surface area contributed by atoms with Gasteiger partial charge >= 0.3 is 12.2 Å². The van der Waals surface area contributed by atoms with Crippen molar-refractivity contribution in [3.8, 4) is 22.9 Å². The summed E-state index contributed by atoms with van der Waals surface area (Å²) < 4.78 is 53.7. The molecule has 0 aliphatic heterocycles. The van der Waals surface area contributed by atoms with Crippen molar-refractivity contribution in [2.24, 2.45) is 0 Å². The SMILES string of the molecule is COc1ccc(-c2noc(Nc3cccc(C(F)(F)F)c3)n2)cc1OC. The van der Waals surface area contributed by atoms with Gasteiger partial charge in [0, 0.05) is 11.3 Å². The molecule has 0 fully saturated rings. The van der Waals surface area contributed by atoms with E-state index in [1.54, 1.807) is 18.2 Å². The van der Waals surface area contributed by atoms with E-state index in [2.05, 4.69) is 15.5 Å². The van der Waals surface area contributed by atoms with Gasteiger partial charge in [-0.25, -0.2) is 0 Å². The van der Waals surface area contributed by atoms with E-state index in [0.717, 1.165) is 12.1 Å². The number of benzene rings is 2. The molecule has 0 radical (unpaired) electrons. The molecule has 0 aliphatic rings. The fourth-order valence-electron chi connectivity index (χ4n) is 2.26. The zero-order valence-corrected chi connectivity index (χ0v) is 13.8. The topological polar surface area (TPSA) is 69.4 Å². The molecule has 0 amide bonds. The molecular weight excluding hydrogens is 351 g/mol. The quantitative estimate of drug-likeness (QED) is 0.717. The van der Waals surface area contributed by atoms with Gasteiger partial charge in [-0.3, -0.25) is 0 Å². The number of anilines is 2. The summed E-state index contributed by atoms with van der Waals surface area (Å²) in [6, 6.07) is 9.72. The van der Waals surface area contributed by atoms with Crippen molar-refractivity contribution in [3.05, 3.63) is 48.0 Å². The molecule has 6 nitrogen and oxygen atoms in total. The molecule has 0 atom stereocenters. The molecule has 0 aliphatic carbocycles. The van der Waals surface area contributed by atoms with E-state index < -0.39 is 11.7 Å². The number of hydrogen-bond acceptors (Lipinski definition) is 6. The van der Waals surface area contributed by atoms with Crippen LogP contribution in [0.3, 0.4) is 0 Å². The van der Waals surface area contributed by atoms with E-state index in [4.69, 9.17) is 14.0 Å². The average Bonchev–Trinajstić information content (AvgIpc) is 3.09. The Kier molecular flexibility index (Phi) is 4.70. The Morgan fingerprint density at radius 2 is 1.77 bits per heavy atom. The van der Waals surface area contributed by atoms with Gasteiger partial charge in [0.05, 0.1) is 19.8 Å². The van der Waals surface area contributed by atoms with Gasteiger partial charge in [-0.15, -0.1) is 0 Å². The van der Waals surface area contributed by atoms with Crippen molar-refractivity contribution in [1.82, 2.24) is 10.1 Å². The highest BCUT2D eigenvalue weighted by Crippen LogP contribution is 2.33. The summed E-state index contributed by atoms with van der Waals surface area (Å²) >= 11 is 0. The van der Waals surface area contributed by atoms with Crippen molar-refractivity contribution < 1.29 is 27.2 Å². The van der Waals surface area contributed by atoms with Crippen LogP contribution >= 0.6 is 0 Å². The van der Waals surface area contributed by atoms with Crippen molar-refractivity contribution >= 4 is 11.7 Å². The van der Waals surface area contributed by atoms with Crippen LogP contribution < -0.4 is 14.8 Å². The van der Waals surface area contributed by atoms with Gasteiger partial charge < -0.3 is 19.3 Å². The van der Waals surface area contributed by atoms with Crippen LogP contribution in [0, 0.1) is 0 Å².